The molecule has 6 nitrogen and oxygen atoms in total. The molecule has 2 heterocycles. The quantitative estimate of drug-likeness (QED) is 0.788. The highest BCUT2D eigenvalue weighted by atomic mass is 15.4. The zero-order valence-corrected chi connectivity index (χ0v) is 9.09. The van der Waals surface area contributed by atoms with Gasteiger partial charge >= 0.3 is 0 Å². The molecular weight excluding hydrogens is 204 g/mol. The molecule has 2 aromatic rings. The molecule has 0 radical (unpaired) electrons. The molecule has 0 spiro atoms. The fourth-order valence-electron chi connectivity index (χ4n) is 1.42. The van der Waals surface area contributed by atoms with Crippen molar-refractivity contribution in [1.29, 1.82) is 0 Å². The van der Waals surface area contributed by atoms with Crippen LogP contribution in [-0.2, 0) is 6.54 Å². The second-order valence-electron chi connectivity index (χ2n) is 3.53. The van der Waals surface area contributed by atoms with Gasteiger partial charge in [-0.1, -0.05) is 5.21 Å². The first-order valence-corrected chi connectivity index (χ1v) is 5.06. The Morgan fingerprint density at radius 2 is 2.38 bits per heavy atom. The molecule has 3 N–H and O–H groups in total. The Hall–Kier alpha value is -2.11. The maximum absolute atomic E-state index is 5.62. The van der Waals surface area contributed by atoms with E-state index in [2.05, 4.69) is 20.6 Å². The normalized spacial score (nSPS) is 10.3. The molecule has 84 valence electrons. The van der Waals surface area contributed by atoms with Crippen LogP contribution >= 0.6 is 0 Å². The Kier molecular flexibility index (Phi) is 3.00. The summed E-state index contributed by atoms with van der Waals surface area (Å²) in [5.74, 6) is 0.856. The third-order valence-corrected chi connectivity index (χ3v) is 2.20. The third kappa shape index (κ3) is 2.47. The molecule has 16 heavy (non-hydrogen) atoms. The van der Waals surface area contributed by atoms with Gasteiger partial charge < -0.3 is 11.1 Å². The number of nitrogens with two attached hydrogens (primary N) is 1. The third-order valence-electron chi connectivity index (χ3n) is 2.20. The molecule has 0 atom stereocenters. The fourth-order valence-corrected chi connectivity index (χ4v) is 1.42. The molecule has 0 aromatic carbocycles. The van der Waals surface area contributed by atoms with E-state index in [0.29, 0.717) is 5.69 Å². The molecule has 0 bridgehead atoms. The monoisotopic (exact) mass is 218 g/mol. The van der Waals surface area contributed by atoms with Crippen LogP contribution in [0, 0.1) is 6.92 Å². The van der Waals surface area contributed by atoms with E-state index >= 15 is 0 Å². The second-order valence-corrected chi connectivity index (χ2v) is 3.53. The highest BCUT2D eigenvalue weighted by Crippen LogP contribution is 2.13. The largest absolute Gasteiger partial charge is 0.397 e. The summed E-state index contributed by atoms with van der Waals surface area (Å²) in [6.45, 7) is 3.48. The van der Waals surface area contributed by atoms with E-state index in [9.17, 15) is 0 Å². The first-order valence-electron chi connectivity index (χ1n) is 5.06. The Morgan fingerprint density at radius 3 is 3.06 bits per heavy atom. The lowest BCUT2D eigenvalue weighted by atomic mass is 10.2. The summed E-state index contributed by atoms with van der Waals surface area (Å²) in [5.41, 5.74) is 7.34. The average Bonchev–Trinajstić information content (AvgIpc) is 2.74. The summed E-state index contributed by atoms with van der Waals surface area (Å²) in [5, 5.41) is 10.8. The van der Waals surface area contributed by atoms with Crippen LogP contribution in [-0.4, -0.2) is 26.5 Å². The minimum atomic E-state index is 0.680. The molecule has 2 aromatic heterocycles. The lowest BCUT2D eigenvalue weighted by Gasteiger charge is -2.08. The summed E-state index contributed by atoms with van der Waals surface area (Å²) < 4.78 is 1.76. The molecular formula is C10H14N6. The van der Waals surface area contributed by atoms with E-state index in [1.165, 1.54) is 0 Å². The molecule has 0 saturated heterocycles. The molecule has 0 aliphatic rings. The van der Waals surface area contributed by atoms with Crippen molar-refractivity contribution < 1.29 is 0 Å². The van der Waals surface area contributed by atoms with Crippen LogP contribution in [0.15, 0.2) is 24.7 Å². The van der Waals surface area contributed by atoms with Gasteiger partial charge in [0, 0.05) is 12.7 Å². The van der Waals surface area contributed by atoms with Crippen molar-refractivity contribution in [3.05, 3.63) is 30.2 Å². The van der Waals surface area contributed by atoms with Crippen molar-refractivity contribution in [3.8, 4) is 0 Å². The van der Waals surface area contributed by atoms with Crippen molar-refractivity contribution in [3.63, 3.8) is 0 Å². The zero-order chi connectivity index (χ0) is 11.4. The van der Waals surface area contributed by atoms with E-state index in [1.807, 2.05) is 19.2 Å². The van der Waals surface area contributed by atoms with Gasteiger partial charge in [-0.3, -0.25) is 4.68 Å². The highest BCUT2D eigenvalue weighted by molar-refractivity contribution is 5.50. The van der Waals surface area contributed by atoms with Gasteiger partial charge in [-0.05, 0) is 18.6 Å². The summed E-state index contributed by atoms with van der Waals surface area (Å²) in [7, 11) is 0. The van der Waals surface area contributed by atoms with Crippen LogP contribution < -0.4 is 11.1 Å². The number of hydrogen-bond acceptors (Lipinski definition) is 5. The van der Waals surface area contributed by atoms with Crippen LogP contribution in [0.3, 0.4) is 0 Å². The van der Waals surface area contributed by atoms with Crippen LogP contribution in [0.1, 0.15) is 5.56 Å². The maximum Gasteiger partial charge on any atom is 0.129 e. The molecule has 0 saturated carbocycles. The van der Waals surface area contributed by atoms with Crippen molar-refractivity contribution >= 4 is 11.5 Å². The SMILES string of the molecule is Cc1cc(N)cnc1NCCn1ccnn1. The number of hydrogen-bond donors (Lipinski definition) is 2. The van der Waals surface area contributed by atoms with Crippen molar-refractivity contribution in [1.82, 2.24) is 20.0 Å². The fraction of sp³-hybridized carbons (Fsp3) is 0.300. The summed E-state index contributed by atoms with van der Waals surface area (Å²) in [6, 6.07) is 1.89. The van der Waals surface area contributed by atoms with Gasteiger partial charge in [0.1, 0.15) is 5.82 Å². The molecule has 0 fully saturated rings. The van der Waals surface area contributed by atoms with Gasteiger partial charge in [-0.2, -0.15) is 0 Å². The predicted octanol–water partition coefficient (Wildman–Crippen LogP) is 0.676. The van der Waals surface area contributed by atoms with Gasteiger partial charge in [-0.25, -0.2) is 4.98 Å². The van der Waals surface area contributed by atoms with Crippen molar-refractivity contribution in [2.24, 2.45) is 0 Å². The topological polar surface area (TPSA) is 81.6 Å². The standard InChI is InChI=1S/C10H14N6/c1-8-6-9(11)7-13-10(8)12-2-4-16-5-3-14-15-16/h3,5-7H,2,4,11H2,1H3,(H,12,13). The number of aromatic nitrogens is 4. The van der Waals surface area contributed by atoms with E-state index in [1.54, 1.807) is 17.1 Å². The number of pyridine rings is 1. The van der Waals surface area contributed by atoms with E-state index in [-0.39, 0.29) is 0 Å². The second kappa shape index (κ2) is 4.61. The van der Waals surface area contributed by atoms with Gasteiger partial charge in [0.15, 0.2) is 0 Å². The molecule has 0 aliphatic heterocycles. The maximum atomic E-state index is 5.62. The lowest BCUT2D eigenvalue weighted by Crippen LogP contribution is -2.12. The number of anilines is 2. The first-order chi connectivity index (χ1) is 7.75. The molecule has 0 amide bonds. The Labute approximate surface area is 93.5 Å². The number of rotatable bonds is 4. The Morgan fingerprint density at radius 1 is 1.50 bits per heavy atom. The minimum absolute atomic E-state index is 0.680. The number of nitrogen functional groups attached to an aromatic ring is 1. The summed E-state index contributed by atoms with van der Waals surface area (Å²) in [4.78, 5) is 4.22. The van der Waals surface area contributed by atoms with E-state index in [4.69, 9.17) is 5.73 Å². The lowest BCUT2D eigenvalue weighted by molar-refractivity contribution is 0.608. The molecule has 2 rings (SSSR count). The number of aryl methyl sites for hydroxylation is 1. The minimum Gasteiger partial charge on any atom is -0.397 e. The predicted molar refractivity (Wildman–Crippen MR) is 61.9 cm³/mol. The summed E-state index contributed by atoms with van der Waals surface area (Å²) >= 11 is 0. The Bertz CT molecular complexity index is 450. The number of nitrogens with zero attached hydrogens (tertiary/aromatic N) is 4. The molecule has 0 unspecified atom stereocenters. The zero-order valence-electron chi connectivity index (χ0n) is 9.09. The van der Waals surface area contributed by atoms with Crippen LogP contribution in [0.4, 0.5) is 11.5 Å². The van der Waals surface area contributed by atoms with E-state index in [0.717, 1.165) is 24.5 Å². The smallest absolute Gasteiger partial charge is 0.129 e. The van der Waals surface area contributed by atoms with E-state index < -0.39 is 0 Å². The van der Waals surface area contributed by atoms with Crippen LogP contribution in [0.2, 0.25) is 0 Å². The number of nitrogens with one attached hydrogen (secondary N) is 1. The van der Waals surface area contributed by atoms with Crippen molar-refractivity contribution in [2.45, 2.75) is 13.5 Å². The van der Waals surface area contributed by atoms with Gasteiger partial charge in [0.25, 0.3) is 0 Å². The average molecular weight is 218 g/mol. The Balaban J connectivity index is 1.90. The molecule has 6 heteroatoms. The highest BCUT2D eigenvalue weighted by Gasteiger charge is 1.99. The van der Waals surface area contributed by atoms with Crippen molar-refractivity contribution in [2.75, 3.05) is 17.6 Å². The first kappa shape index (κ1) is 10.4. The van der Waals surface area contributed by atoms with Gasteiger partial charge in [0.2, 0.25) is 0 Å². The summed E-state index contributed by atoms with van der Waals surface area (Å²) in [6.07, 6.45) is 5.13. The van der Waals surface area contributed by atoms with Gasteiger partial charge in [-0.15, -0.1) is 5.10 Å². The van der Waals surface area contributed by atoms with Crippen LogP contribution in [0.25, 0.3) is 0 Å². The molecule has 0 aliphatic carbocycles. The van der Waals surface area contributed by atoms with Gasteiger partial charge in [0.05, 0.1) is 24.6 Å². The van der Waals surface area contributed by atoms with Crippen LogP contribution in [0.5, 0.6) is 0 Å².